The first-order valence-corrected chi connectivity index (χ1v) is 6.48. The van der Waals surface area contributed by atoms with Crippen LogP contribution in [0.3, 0.4) is 0 Å². The number of allylic oxidation sites excluding steroid dienone is 2. The normalized spacial score (nSPS) is 19.9. The number of amides is 1. The second-order valence-electron chi connectivity index (χ2n) is 4.70. The Kier molecular flexibility index (Phi) is 6.63. The molecule has 3 nitrogen and oxygen atoms in total. The maximum Gasteiger partial charge on any atom is 0.223 e. The van der Waals surface area contributed by atoms with E-state index in [1.807, 2.05) is 0 Å². The van der Waals surface area contributed by atoms with Gasteiger partial charge in [-0.2, -0.15) is 0 Å². The van der Waals surface area contributed by atoms with Gasteiger partial charge < -0.3 is 10.6 Å². The molecule has 0 aromatic heterocycles. The minimum Gasteiger partial charge on any atom is -0.356 e. The Hall–Kier alpha value is -1.09. The van der Waals surface area contributed by atoms with Gasteiger partial charge in [-0.15, -0.1) is 13.2 Å². The molecule has 0 aliphatic carbocycles. The van der Waals surface area contributed by atoms with Gasteiger partial charge in [0, 0.05) is 12.5 Å². The lowest BCUT2D eigenvalue weighted by Crippen LogP contribution is -2.40. The van der Waals surface area contributed by atoms with Gasteiger partial charge in [0.05, 0.1) is 0 Å². The maximum absolute atomic E-state index is 11.9. The van der Waals surface area contributed by atoms with Crippen LogP contribution in [0.5, 0.6) is 0 Å². The quantitative estimate of drug-likeness (QED) is 0.663. The monoisotopic (exact) mass is 236 g/mol. The van der Waals surface area contributed by atoms with Crippen LogP contribution >= 0.6 is 0 Å². The standard InChI is InChI=1S/C14H24N2O/c1-3-6-13(7-4-2)14(17)16-11-12-8-5-9-15-10-12/h3-4,12-13,15H,1-2,5-11H2,(H,16,17). The van der Waals surface area contributed by atoms with Crippen molar-refractivity contribution in [3.8, 4) is 0 Å². The van der Waals surface area contributed by atoms with Crippen molar-refractivity contribution in [1.29, 1.82) is 0 Å². The van der Waals surface area contributed by atoms with Crippen molar-refractivity contribution in [3.63, 3.8) is 0 Å². The second-order valence-corrected chi connectivity index (χ2v) is 4.70. The molecule has 1 saturated heterocycles. The lowest BCUT2D eigenvalue weighted by Gasteiger charge is -2.24. The van der Waals surface area contributed by atoms with Crippen molar-refractivity contribution in [2.45, 2.75) is 25.7 Å². The number of carbonyl (C=O) groups is 1. The van der Waals surface area contributed by atoms with Gasteiger partial charge in [-0.1, -0.05) is 12.2 Å². The van der Waals surface area contributed by atoms with E-state index in [0.717, 1.165) is 32.5 Å². The van der Waals surface area contributed by atoms with Gasteiger partial charge in [-0.3, -0.25) is 4.79 Å². The van der Waals surface area contributed by atoms with Crippen LogP contribution in [0.1, 0.15) is 25.7 Å². The van der Waals surface area contributed by atoms with Crippen LogP contribution < -0.4 is 10.6 Å². The summed E-state index contributed by atoms with van der Waals surface area (Å²) in [6.07, 6.45) is 7.47. The van der Waals surface area contributed by atoms with Crippen molar-refractivity contribution in [3.05, 3.63) is 25.3 Å². The molecule has 2 N–H and O–H groups in total. The van der Waals surface area contributed by atoms with Crippen LogP contribution in [0, 0.1) is 11.8 Å². The summed E-state index contributed by atoms with van der Waals surface area (Å²) in [4.78, 5) is 11.9. The number of hydrogen-bond acceptors (Lipinski definition) is 2. The first-order valence-electron chi connectivity index (χ1n) is 6.48. The molecule has 1 aliphatic rings. The number of nitrogens with one attached hydrogen (secondary N) is 2. The molecule has 1 heterocycles. The maximum atomic E-state index is 11.9. The highest BCUT2D eigenvalue weighted by Crippen LogP contribution is 2.12. The van der Waals surface area contributed by atoms with Crippen molar-refractivity contribution in [2.75, 3.05) is 19.6 Å². The third-order valence-electron chi connectivity index (χ3n) is 3.24. The Morgan fingerprint density at radius 1 is 1.41 bits per heavy atom. The molecule has 0 radical (unpaired) electrons. The molecule has 1 aliphatic heterocycles. The summed E-state index contributed by atoms with van der Waals surface area (Å²) in [5, 5.41) is 6.40. The average molecular weight is 236 g/mol. The Balaban J connectivity index is 2.29. The summed E-state index contributed by atoms with van der Waals surface area (Å²) < 4.78 is 0. The van der Waals surface area contributed by atoms with E-state index in [2.05, 4.69) is 23.8 Å². The summed E-state index contributed by atoms with van der Waals surface area (Å²) in [6.45, 7) is 10.3. The highest BCUT2D eigenvalue weighted by atomic mass is 16.1. The van der Waals surface area contributed by atoms with E-state index in [1.54, 1.807) is 12.2 Å². The van der Waals surface area contributed by atoms with E-state index in [-0.39, 0.29) is 11.8 Å². The fraction of sp³-hybridized carbons (Fsp3) is 0.643. The van der Waals surface area contributed by atoms with Crippen LogP contribution in [0.2, 0.25) is 0 Å². The molecule has 96 valence electrons. The van der Waals surface area contributed by atoms with E-state index < -0.39 is 0 Å². The number of rotatable bonds is 7. The molecule has 1 rings (SSSR count). The number of carbonyl (C=O) groups excluding carboxylic acids is 1. The fourth-order valence-electron chi connectivity index (χ4n) is 2.20. The van der Waals surface area contributed by atoms with E-state index in [9.17, 15) is 4.79 Å². The van der Waals surface area contributed by atoms with Crippen molar-refractivity contribution in [2.24, 2.45) is 11.8 Å². The van der Waals surface area contributed by atoms with E-state index in [0.29, 0.717) is 5.92 Å². The first-order chi connectivity index (χ1) is 8.27. The third-order valence-corrected chi connectivity index (χ3v) is 3.24. The van der Waals surface area contributed by atoms with Gasteiger partial charge in [0.2, 0.25) is 5.91 Å². The van der Waals surface area contributed by atoms with Crippen LogP contribution in [0.4, 0.5) is 0 Å². The lowest BCUT2D eigenvalue weighted by atomic mass is 9.97. The molecule has 1 unspecified atom stereocenters. The Morgan fingerprint density at radius 2 is 2.12 bits per heavy atom. The van der Waals surface area contributed by atoms with Gasteiger partial charge in [-0.25, -0.2) is 0 Å². The molecule has 0 spiro atoms. The molecule has 0 saturated carbocycles. The van der Waals surface area contributed by atoms with Crippen LogP contribution in [-0.2, 0) is 4.79 Å². The largest absolute Gasteiger partial charge is 0.356 e. The summed E-state index contributed by atoms with van der Waals surface area (Å²) in [7, 11) is 0. The summed E-state index contributed by atoms with van der Waals surface area (Å²) in [5.41, 5.74) is 0. The average Bonchev–Trinajstić information content (AvgIpc) is 2.37. The molecule has 0 aromatic rings. The number of hydrogen-bond donors (Lipinski definition) is 2. The molecule has 0 bridgehead atoms. The van der Waals surface area contributed by atoms with Crippen LogP contribution in [-0.4, -0.2) is 25.5 Å². The van der Waals surface area contributed by atoms with Crippen LogP contribution in [0.25, 0.3) is 0 Å². The minimum atomic E-state index is 0.00143. The molecule has 3 heteroatoms. The predicted molar refractivity (Wildman–Crippen MR) is 71.7 cm³/mol. The van der Waals surface area contributed by atoms with Gasteiger partial charge in [-0.05, 0) is 44.7 Å². The topological polar surface area (TPSA) is 41.1 Å². The van der Waals surface area contributed by atoms with E-state index in [1.165, 1.54) is 12.8 Å². The smallest absolute Gasteiger partial charge is 0.223 e. The minimum absolute atomic E-state index is 0.00143. The van der Waals surface area contributed by atoms with Gasteiger partial charge in [0.25, 0.3) is 0 Å². The van der Waals surface area contributed by atoms with Gasteiger partial charge in [0.1, 0.15) is 0 Å². The lowest BCUT2D eigenvalue weighted by molar-refractivity contribution is -0.125. The van der Waals surface area contributed by atoms with Crippen LogP contribution in [0.15, 0.2) is 25.3 Å². The summed E-state index contributed by atoms with van der Waals surface area (Å²) in [6, 6.07) is 0. The first kappa shape index (κ1) is 14.0. The molecular formula is C14H24N2O. The Labute approximate surface area is 104 Å². The highest BCUT2D eigenvalue weighted by molar-refractivity contribution is 5.78. The van der Waals surface area contributed by atoms with E-state index >= 15 is 0 Å². The van der Waals surface area contributed by atoms with Gasteiger partial charge in [0.15, 0.2) is 0 Å². The van der Waals surface area contributed by atoms with E-state index in [4.69, 9.17) is 0 Å². The van der Waals surface area contributed by atoms with Crippen molar-refractivity contribution >= 4 is 5.91 Å². The zero-order valence-electron chi connectivity index (χ0n) is 10.6. The Bertz CT molecular complexity index is 247. The molecule has 17 heavy (non-hydrogen) atoms. The number of piperidine rings is 1. The fourth-order valence-corrected chi connectivity index (χ4v) is 2.20. The molecule has 0 aromatic carbocycles. The SMILES string of the molecule is C=CCC(CC=C)C(=O)NCC1CCCNC1. The zero-order chi connectivity index (χ0) is 12.5. The molecular weight excluding hydrogens is 212 g/mol. The molecule has 1 atom stereocenters. The second kappa shape index (κ2) is 8.07. The summed E-state index contributed by atoms with van der Waals surface area (Å²) >= 11 is 0. The summed E-state index contributed by atoms with van der Waals surface area (Å²) in [5.74, 6) is 0.720. The molecule has 1 fully saturated rings. The zero-order valence-corrected chi connectivity index (χ0v) is 10.6. The Morgan fingerprint density at radius 3 is 2.65 bits per heavy atom. The third kappa shape index (κ3) is 5.18. The predicted octanol–water partition coefficient (Wildman–Crippen LogP) is 1.87. The highest BCUT2D eigenvalue weighted by Gasteiger charge is 2.18. The van der Waals surface area contributed by atoms with Crippen molar-refractivity contribution < 1.29 is 4.79 Å². The van der Waals surface area contributed by atoms with Crippen molar-refractivity contribution in [1.82, 2.24) is 10.6 Å². The molecule has 1 amide bonds. The van der Waals surface area contributed by atoms with Gasteiger partial charge >= 0.3 is 0 Å².